The summed E-state index contributed by atoms with van der Waals surface area (Å²) >= 11 is 0. The molecule has 0 fully saturated rings. The number of rotatable bonds is 8. The fraction of sp³-hybridized carbons (Fsp3) is 0.261. The Balaban J connectivity index is 1.80. The molecule has 0 aliphatic heterocycles. The van der Waals surface area contributed by atoms with Crippen molar-refractivity contribution < 1.29 is 17.6 Å². The van der Waals surface area contributed by atoms with E-state index < -0.39 is 15.8 Å². The molecule has 0 amide bonds. The van der Waals surface area contributed by atoms with Gasteiger partial charge in [-0.1, -0.05) is 12.1 Å². The number of anilines is 1. The first-order valence-corrected chi connectivity index (χ1v) is 11.3. The molecule has 1 heterocycles. The van der Waals surface area contributed by atoms with Crippen LogP contribution in [0.2, 0.25) is 0 Å². The summed E-state index contributed by atoms with van der Waals surface area (Å²) in [5, 5.41) is 0. The summed E-state index contributed by atoms with van der Waals surface area (Å²) in [7, 11) is -3.78. The zero-order valence-electron chi connectivity index (χ0n) is 17.8. The number of sulfonamides is 1. The Labute approximate surface area is 181 Å². The average Bonchev–Trinajstić information content (AvgIpc) is 2.93. The number of nitrogens with one attached hydrogen (secondary N) is 1. The second-order valence-electron chi connectivity index (χ2n) is 7.54. The van der Waals surface area contributed by atoms with Gasteiger partial charge in [0.15, 0.2) is 5.78 Å². The van der Waals surface area contributed by atoms with Crippen molar-refractivity contribution in [2.45, 2.75) is 38.6 Å². The van der Waals surface area contributed by atoms with E-state index in [1.54, 1.807) is 24.3 Å². The van der Waals surface area contributed by atoms with Crippen LogP contribution in [0.25, 0.3) is 0 Å². The van der Waals surface area contributed by atoms with E-state index in [1.807, 2.05) is 20.8 Å². The fourth-order valence-electron chi connectivity index (χ4n) is 3.56. The van der Waals surface area contributed by atoms with Crippen LogP contribution in [-0.2, 0) is 27.8 Å². The highest BCUT2D eigenvalue weighted by Gasteiger charge is 2.18. The lowest BCUT2D eigenvalue weighted by atomic mass is 10.0. The SMILES string of the molecule is Cc1c(CC(=O)CN)c(C)n(Cc2ccc(S(=O)(=O)Nc3ccc(F)cc3)cc2)c1C. The van der Waals surface area contributed by atoms with Gasteiger partial charge in [-0.25, -0.2) is 12.8 Å². The number of ketones is 1. The normalized spacial score (nSPS) is 11.5. The number of Topliss-reactive ketones (excluding diaryl/α,β-unsaturated/α-hetero) is 1. The molecular weight excluding hydrogens is 417 g/mol. The molecule has 6 nitrogen and oxygen atoms in total. The van der Waals surface area contributed by atoms with Crippen molar-refractivity contribution in [3.05, 3.63) is 82.4 Å². The van der Waals surface area contributed by atoms with Crippen molar-refractivity contribution >= 4 is 21.5 Å². The molecule has 31 heavy (non-hydrogen) atoms. The molecule has 0 unspecified atom stereocenters. The maximum atomic E-state index is 13.0. The van der Waals surface area contributed by atoms with Crippen LogP contribution in [0.1, 0.15) is 28.1 Å². The van der Waals surface area contributed by atoms with E-state index in [9.17, 15) is 17.6 Å². The van der Waals surface area contributed by atoms with Crippen LogP contribution in [0.3, 0.4) is 0 Å². The Morgan fingerprint density at radius 1 is 1.00 bits per heavy atom. The summed E-state index contributed by atoms with van der Waals surface area (Å²) in [5.74, 6) is -0.444. The molecule has 3 aromatic rings. The van der Waals surface area contributed by atoms with Gasteiger partial charge in [0.25, 0.3) is 10.0 Å². The summed E-state index contributed by atoms with van der Waals surface area (Å²) in [6, 6.07) is 11.7. The molecule has 1 aromatic heterocycles. The van der Waals surface area contributed by atoms with E-state index in [4.69, 9.17) is 5.73 Å². The number of hydrogen-bond donors (Lipinski definition) is 2. The fourth-order valence-corrected chi connectivity index (χ4v) is 4.62. The minimum absolute atomic E-state index is 0.00781. The third kappa shape index (κ3) is 5.03. The van der Waals surface area contributed by atoms with Gasteiger partial charge in [0, 0.05) is 30.0 Å². The average molecular weight is 444 g/mol. The van der Waals surface area contributed by atoms with E-state index in [2.05, 4.69) is 9.29 Å². The van der Waals surface area contributed by atoms with Gasteiger partial charge < -0.3 is 10.3 Å². The molecule has 0 atom stereocenters. The summed E-state index contributed by atoms with van der Waals surface area (Å²) in [5.41, 5.74) is 10.8. The van der Waals surface area contributed by atoms with Gasteiger partial charge >= 0.3 is 0 Å². The predicted octanol–water partition coefficient (Wildman–Crippen LogP) is 3.47. The van der Waals surface area contributed by atoms with E-state index >= 15 is 0 Å². The number of carbonyl (C=O) groups excluding carboxylic acids is 1. The number of halogens is 1. The summed E-state index contributed by atoms with van der Waals surface area (Å²) < 4.78 is 42.8. The zero-order valence-corrected chi connectivity index (χ0v) is 18.6. The van der Waals surface area contributed by atoms with E-state index in [0.717, 1.165) is 28.1 Å². The summed E-state index contributed by atoms with van der Waals surface area (Å²) in [4.78, 5) is 11.9. The highest BCUT2D eigenvalue weighted by Crippen LogP contribution is 2.24. The topological polar surface area (TPSA) is 94.2 Å². The van der Waals surface area contributed by atoms with Crippen LogP contribution in [0, 0.1) is 26.6 Å². The Kier molecular flexibility index (Phi) is 6.62. The maximum Gasteiger partial charge on any atom is 0.261 e. The van der Waals surface area contributed by atoms with Gasteiger partial charge in [-0.15, -0.1) is 0 Å². The molecule has 8 heteroatoms. The van der Waals surface area contributed by atoms with Crippen LogP contribution < -0.4 is 10.5 Å². The Morgan fingerprint density at radius 3 is 2.19 bits per heavy atom. The third-order valence-corrected chi connectivity index (χ3v) is 6.91. The van der Waals surface area contributed by atoms with Gasteiger partial charge in [0.1, 0.15) is 5.82 Å². The van der Waals surface area contributed by atoms with Crippen molar-refractivity contribution in [1.82, 2.24) is 4.57 Å². The first kappa shape index (κ1) is 22.7. The second kappa shape index (κ2) is 9.03. The van der Waals surface area contributed by atoms with Gasteiger partial charge in [-0.3, -0.25) is 9.52 Å². The van der Waals surface area contributed by atoms with E-state index in [0.29, 0.717) is 18.7 Å². The van der Waals surface area contributed by atoms with Gasteiger partial charge in [-0.05, 0) is 73.9 Å². The summed E-state index contributed by atoms with van der Waals surface area (Å²) in [6.07, 6.45) is 0.314. The molecule has 0 aliphatic rings. The van der Waals surface area contributed by atoms with E-state index in [1.165, 1.54) is 24.3 Å². The largest absolute Gasteiger partial charge is 0.344 e. The molecule has 0 saturated heterocycles. The molecule has 3 rings (SSSR count). The maximum absolute atomic E-state index is 13.0. The lowest BCUT2D eigenvalue weighted by Gasteiger charge is -2.12. The molecule has 0 aliphatic carbocycles. The number of carbonyl (C=O) groups is 1. The highest BCUT2D eigenvalue weighted by molar-refractivity contribution is 7.92. The number of benzene rings is 2. The molecule has 0 spiro atoms. The van der Waals surface area contributed by atoms with Gasteiger partial charge in [0.05, 0.1) is 11.4 Å². The van der Waals surface area contributed by atoms with Crippen LogP contribution in [0.4, 0.5) is 10.1 Å². The smallest absolute Gasteiger partial charge is 0.261 e. The van der Waals surface area contributed by atoms with Crippen molar-refractivity contribution in [2.24, 2.45) is 5.73 Å². The summed E-state index contributed by atoms with van der Waals surface area (Å²) in [6.45, 7) is 6.55. The van der Waals surface area contributed by atoms with E-state index in [-0.39, 0.29) is 17.2 Å². The zero-order chi connectivity index (χ0) is 22.8. The number of aromatic nitrogens is 1. The molecular formula is C23H26FN3O3S. The minimum Gasteiger partial charge on any atom is -0.344 e. The third-order valence-electron chi connectivity index (χ3n) is 5.51. The molecule has 2 aromatic carbocycles. The Hall–Kier alpha value is -2.97. The standard InChI is InChI=1S/C23H26FN3O3S/c1-15-16(2)27(17(3)23(15)12-21(28)13-25)14-18-4-10-22(11-5-18)31(29,30)26-20-8-6-19(24)7-9-20/h4-11,26H,12-14,25H2,1-3H3. The predicted molar refractivity (Wildman–Crippen MR) is 119 cm³/mol. The van der Waals surface area contributed by atoms with Gasteiger partial charge in [-0.2, -0.15) is 0 Å². The van der Waals surface area contributed by atoms with Crippen LogP contribution in [-0.4, -0.2) is 25.3 Å². The highest BCUT2D eigenvalue weighted by atomic mass is 32.2. The first-order chi connectivity index (χ1) is 14.6. The van der Waals surface area contributed by atoms with Crippen LogP contribution in [0.5, 0.6) is 0 Å². The first-order valence-electron chi connectivity index (χ1n) is 9.86. The molecule has 0 bridgehead atoms. The monoisotopic (exact) mass is 443 g/mol. The second-order valence-corrected chi connectivity index (χ2v) is 9.22. The Morgan fingerprint density at radius 2 is 1.61 bits per heavy atom. The van der Waals surface area contributed by atoms with Crippen LogP contribution >= 0.6 is 0 Å². The molecule has 0 saturated carbocycles. The number of nitrogens with two attached hydrogens (primary N) is 1. The van der Waals surface area contributed by atoms with Crippen LogP contribution in [0.15, 0.2) is 53.4 Å². The minimum atomic E-state index is -3.78. The molecule has 0 radical (unpaired) electrons. The lowest BCUT2D eigenvalue weighted by molar-refractivity contribution is -0.117. The van der Waals surface area contributed by atoms with Gasteiger partial charge in [0.2, 0.25) is 0 Å². The molecule has 3 N–H and O–H groups in total. The van der Waals surface area contributed by atoms with Crippen molar-refractivity contribution in [3.63, 3.8) is 0 Å². The van der Waals surface area contributed by atoms with Crippen molar-refractivity contribution in [3.8, 4) is 0 Å². The number of nitrogens with zero attached hydrogens (tertiary/aromatic N) is 1. The van der Waals surface area contributed by atoms with Crippen molar-refractivity contribution in [1.29, 1.82) is 0 Å². The quantitative estimate of drug-likeness (QED) is 0.557. The number of hydrogen-bond acceptors (Lipinski definition) is 4. The molecule has 164 valence electrons. The van der Waals surface area contributed by atoms with Crippen molar-refractivity contribution in [2.75, 3.05) is 11.3 Å². The lowest BCUT2D eigenvalue weighted by Crippen LogP contribution is -2.16. The Bertz CT molecular complexity index is 1200.